The predicted octanol–water partition coefficient (Wildman–Crippen LogP) is 2.56. The molecule has 0 aliphatic carbocycles. The molecule has 3 aromatic rings. The second-order valence-corrected chi connectivity index (χ2v) is 7.54. The minimum atomic E-state index is -1.79. The maximum absolute atomic E-state index is 13.0. The maximum atomic E-state index is 13.0. The average Bonchev–Trinajstić information content (AvgIpc) is 3.13. The van der Waals surface area contributed by atoms with Gasteiger partial charge in [0.05, 0.1) is 29.0 Å². The van der Waals surface area contributed by atoms with Gasteiger partial charge in [-0.15, -0.1) is 0 Å². The third kappa shape index (κ3) is 3.29. The van der Waals surface area contributed by atoms with Crippen LogP contribution >= 0.6 is 0 Å². The van der Waals surface area contributed by atoms with Gasteiger partial charge in [0.15, 0.2) is 5.60 Å². The van der Waals surface area contributed by atoms with Gasteiger partial charge in [0.1, 0.15) is 6.61 Å². The summed E-state index contributed by atoms with van der Waals surface area (Å²) in [4.78, 5) is 39.2. The number of carboxylic acid groups (broad SMARTS) is 1. The molecule has 160 valence electrons. The second kappa shape index (κ2) is 7.63. The topological polar surface area (TPSA) is 119 Å². The molecule has 0 bridgehead atoms. The summed E-state index contributed by atoms with van der Waals surface area (Å²) >= 11 is 0. The van der Waals surface area contributed by atoms with Crippen LogP contribution in [0, 0.1) is 0 Å². The van der Waals surface area contributed by atoms with Crippen LogP contribution in [0.4, 0.5) is 0 Å². The van der Waals surface area contributed by atoms with Gasteiger partial charge >= 0.3 is 11.9 Å². The SMILES string of the molecule is CCC(=O)O.CC[C@@]1(O)C(=O)OCc2c1cc1n(c2=O)Cc2cc3ccccc3nc2-1. The molecular weight excluding hydrogens is 400 g/mol. The Morgan fingerprint density at radius 1 is 1.23 bits per heavy atom. The van der Waals surface area contributed by atoms with Gasteiger partial charge in [-0.3, -0.25) is 9.59 Å². The number of para-hydroxylation sites is 1. The first-order chi connectivity index (χ1) is 14.8. The fourth-order valence-electron chi connectivity index (χ4n) is 3.93. The molecular formula is C23H22N2O6. The lowest BCUT2D eigenvalue weighted by atomic mass is 9.86. The second-order valence-electron chi connectivity index (χ2n) is 7.54. The zero-order chi connectivity index (χ0) is 22.3. The molecule has 0 radical (unpaired) electrons. The van der Waals surface area contributed by atoms with E-state index in [4.69, 9.17) is 14.8 Å². The van der Waals surface area contributed by atoms with Crippen molar-refractivity contribution in [3.8, 4) is 11.4 Å². The number of carbonyl (C=O) groups excluding carboxylic acids is 1. The highest BCUT2D eigenvalue weighted by Gasteiger charge is 2.45. The Balaban J connectivity index is 0.000000418. The molecule has 0 amide bonds. The van der Waals surface area contributed by atoms with E-state index in [1.165, 1.54) is 0 Å². The summed E-state index contributed by atoms with van der Waals surface area (Å²) in [6.07, 6.45) is 0.361. The van der Waals surface area contributed by atoms with E-state index < -0.39 is 17.5 Å². The summed E-state index contributed by atoms with van der Waals surface area (Å²) in [5.74, 6) is -1.45. The molecule has 2 aliphatic rings. The number of benzene rings is 1. The molecule has 0 fully saturated rings. The summed E-state index contributed by atoms with van der Waals surface area (Å²) < 4.78 is 6.72. The van der Waals surface area contributed by atoms with Crippen molar-refractivity contribution in [2.75, 3.05) is 0 Å². The van der Waals surface area contributed by atoms with E-state index in [-0.39, 0.29) is 25.0 Å². The Bertz CT molecular complexity index is 1280. The number of hydrogen-bond donors (Lipinski definition) is 2. The molecule has 0 saturated heterocycles. The average molecular weight is 422 g/mol. The molecule has 31 heavy (non-hydrogen) atoms. The van der Waals surface area contributed by atoms with Gasteiger partial charge in [0, 0.05) is 22.9 Å². The Hall–Kier alpha value is -3.52. The Kier molecular flexibility index (Phi) is 5.10. The lowest BCUT2D eigenvalue weighted by Crippen LogP contribution is -2.44. The third-order valence-corrected chi connectivity index (χ3v) is 5.72. The lowest BCUT2D eigenvalue weighted by molar-refractivity contribution is -0.172. The Morgan fingerprint density at radius 3 is 2.61 bits per heavy atom. The van der Waals surface area contributed by atoms with Crippen molar-refractivity contribution < 1.29 is 24.5 Å². The van der Waals surface area contributed by atoms with Gasteiger partial charge in [-0.2, -0.15) is 0 Å². The minimum absolute atomic E-state index is 0.110. The largest absolute Gasteiger partial charge is 0.481 e. The van der Waals surface area contributed by atoms with Crippen LogP contribution in [0.15, 0.2) is 41.2 Å². The van der Waals surface area contributed by atoms with E-state index in [0.717, 1.165) is 22.2 Å². The van der Waals surface area contributed by atoms with Gasteiger partial charge in [0.2, 0.25) is 0 Å². The van der Waals surface area contributed by atoms with E-state index in [2.05, 4.69) is 0 Å². The van der Waals surface area contributed by atoms with Gasteiger partial charge in [-0.1, -0.05) is 32.0 Å². The van der Waals surface area contributed by atoms with Crippen LogP contribution in [0.1, 0.15) is 43.4 Å². The number of aliphatic carboxylic acids is 1. The summed E-state index contributed by atoms with van der Waals surface area (Å²) in [6.45, 7) is 3.61. The first-order valence-electron chi connectivity index (χ1n) is 10.1. The quantitative estimate of drug-likeness (QED) is 0.477. The number of rotatable bonds is 2. The van der Waals surface area contributed by atoms with Crippen molar-refractivity contribution in [1.29, 1.82) is 0 Å². The zero-order valence-electron chi connectivity index (χ0n) is 17.2. The molecule has 0 saturated carbocycles. The van der Waals surface area contributed by atoms with Crippen LogP contribution in [-0.4, -0.2) is 31.7 Å². The van der Waals surface area contributed by atoms with Crippen molar-refractivity contribution in [3.63, 3.8) is 0 Å². The number of pyridine rings is 2. The molecule has 5 rings (SSSR count). The van der Waals surface area contributed by atoms with Crippen molar-refractivity contribution in [3.05, 3.63) is 63.4 Å². The van der Waals surface area contributed by atoms with E-state index in [1.54, 1.807) is 24.5 Å². The smallest absolute Gasteiger partial charge is 0.343 e. The first kappa shape index (κ1) is 20.7. The molecule has 0 unspecified atom stereocenters. The summed E-state index contributed by atoms with van der Waals surface area (Å²) in [7, 11) is 0. The van der Waals surface area contributed by atoms with Crippen LogP contribution in [0.25, 0.3) is 22.3 Å². The standard InChI is InChI=1S/C20H16N2O4.C3H6O2/c1-2-20(25)14-8-16-17-12(7-11-5-3-4-6-15(11)21-17)9-22(16)18(23)13(14)10-26-19(20)24;1-2-3(4)5/h3-8,25H,2,9-10H2,1H3;2H2,1H3,(H,4,5)/t20-;/m0./s1. The minimum Gasteiger partial charge on any atom is -0.481 e. The molecule has 2 N–H and O–H groups in total. The third-order valence-electron chi connectivity index (χ3n) is 5.72. The number of cyclic esters (lactones) is 1. The highest BCUT2D eigenvalue weighted by atomic mass is 16.6. The normalized spacial score (nSPS) is 18.4. The molecule has 8 nitrogen and oxygen atoms in total. The highest BCUT2D eigenvalue weighted by molar-refractivity contribution is 5.86. The molecule has 1 atom stereocenters. The number of ether oxygens (including phenoxy) is 1. The lowest BCUT2D eigenvalue weighted by Gasteiger charge is -2.31. The molecule has 8 heteroatoms. The number of carboxylic acids is 1. The number of hydrogen-bond acceptors (Lipinski definition) is 6. The Labute approximate surface area is 177 Å². The molecule has 2 aliphatic heterocycles. The van der Waals surface area contributed by atoms with Gasteiger partial charge < -0.3 is 19.5 Å². The van der Waals surface area contributed by atoms with E-state index in [9.17, 15) is 19.5 Å². The van der Waals surface area contributed by atoms with Crippen molar-refractivity contribution in [2.24, 2.45) is 0 Å². The number of carbonyl (C=O) groups is 2. The van der Waals surface area contributed by atoms with Gasteiger partial charge in [-0.25, -0.2) is 9.78 Å². The molecule has 4 heterocycles. The number of aromatic nitrogens is 2. The van der Waals surface area contributed by atoms with Crippen LogP contribution in [0.2, 0.25) is 0 Å². The monoisotopic (exact) mass is 422 g/mol. The van der Waals surface area contributed by atoms with Crippen molar-refractivity contribution >= 4 is 22.8 Å². The molecule has 0 spiro atoms. The number of aliphatic hydroxyl groups is 1. The summed E-state index contributed by atoms with van der Waals surface area (Å²) in [6, 6.07) is 11.6. The predicted molar refractivity (Wildman–Crippen MR) is 112 cm³/mol. The van der Waals surface area contributed by atoms with Gasteiger partial charge in [0.25, 0.3) is 5.56 Å². The van der Waals surface area contributed by atoms with Gasteiger partial charge in [-0.05, 0) is 24.6 Å². The fraction of sp³-hybridized carbons (Fsp3) is 0.304. The number of esters is 1. The zero-order valence-corrected chi connectivity index (χ0v) is 17.2. The number of fused-ring (bicyclic) bond motifs is 5. The molecule has 1 aromatic carbocycles. The van der Waals surface area contributed by atoms with Crippen molar-refractivity contribution in [1.82, 2.24) is 9.55 Å². The fourth-order valence-corrected chi connectivity index (χ4v) is 3.93. The van der Waals surface area contributed by atoms with E-state index in [1.807, 2.05) is 30.3 Å². The Morgan fingerprint density at radius 2 is 1.94 bits per heavy atom. The van der Waals surface area contributed by atoms with Crippen LogP contribution in [-0.2, 0) is 33.1 Å². The van der Waals surface area contributed by atoms with E-state index in [0.29, 0.717) is 23.4 Å². The highest BCUT2D eigenvalue weighted by Crippen LogP contribution is 2.38. The van der Waals surface area contributed by atoms with Crippen molar-refractivity contribution in [2.45, 2.75) is 45.4 Å². The van der Waals surface area contributed by atoms with Crippen LogP contribution in [0.5, 0.6) is 0 Å². The summed E-state index contributed by atoms with van der Waals surface area (Å²) in [5, 5.41) is 19.6. The maximum Gasteiger partial charge on any atom is 0.343 e. The van der Waals surface area contributed by atoms with E-state index >= 15 is 0 Å². The number of nitrogens with zero attached hydrogens (tertiary/aromatic N) is 2. The first-order valence-corrected chi connectivity index (χ1v) is 10.1. The van der Waals surface area contributed by atoms with Crippen LogP contribution in [0.3, 0.4) is 0 Å². The molecule has 2 aromatic heterocycles. The summed E-state index contributed by atoms with van der Waals surface area (Å²) in [5.41, 5.74) is 1.81. The van der Waals surface area contributed by atoms with Crippen LogP contribution < -0.4 is 5.56 Å².